The van der Waals surface area contributed by atoms with Crippen LogP contribution in [0.2, 0.25) is 0 Å². The predicted octanol–water partition coefficient (Wildman–Crippen LogP) is 1.85. The normalized spacial score (nSPS) is 21.3. The second-order valence-electron chi connectivity index (χ2n) is 6.11. The largest absolute Gasteiger partial charge is 0.368 e. The fourth-order valence-corrected chi connectivity index (χ4v) is 2.95. The maximum atomic E-state index is 12.3. The zero-order valence-electron chi connectivity index (χ0n) is 13.5. The minimum absolute atomic E-state index is 0.0705. The van der Waals surface area contributed by atoms with Crippen LogP contribution in [-0.2, 0) is 9.53 Å². The Balaban J connectivity index is 1.49. The van der Waals surface area contributed by atoms with Crippen molar-refractivity contribution in [2.24, 2.45) is 0 Å². The number of urea groups is 1. The van der Waals surface area contributed by atoms with Crippen molar-refractivity contribution in [1.29, 1.82) is 0 Å². The van der Waals surface area contributed by atoms with Crippen LogP contribution in [0.5, 0.6) is 0 Å². The molecule has 0 aromatic heterocycles. The maximum absolute atomic E-state index is 12.3. The minimum Gasteiger partial charge on any atom is -0.368 e. The van der Waals surface area contributed by atoms with Crippen molar-refractivity contribution in [2.75, 3.05) is 38.1 Å². The summed E-state index contributed by atoms with van der Waals surface area (Å²) in [7, 11) is 0. The highest BCUT2D eigenvalue weighted by atomic mass is 16.5. The van der Waals surface area contributed by atoms with E-state index >= 15 is 0 Å². The maximum Gasteiger partial charge on any atom is 0.321 e. The van der Waals surface area contributed by atoms with Crippen LogP contribution in [0.15, 0.2) is 24.3 Å². The van der Waals surface area contributed by atoms with E-state index < -0.39 is 0 Å². The number of amides is 3. The van der Waals surface area contributed by atoms with Crippen molar-refractivity contribution in [3.8, 4) is 0 Å². The average molecular weight is 317 g/mol. The Morgan fingerprint density at radius 3 is 2.35 bits per heavy atom. The Labute approximate surface area is 136 Å². The monoisotopic (exact) mass is 317 g/mol. The van der Waals surface area contributed by atoms with Crippen LogP contribution in [0.3, 0.4) is 0 Å². The molecular formula is C17H23N3O3. The molecule has 0 spiro atoms. The number of aryl methyl sites for hydroxylation is 1. The van der Waals surface area contributed by atoms with E-state index in [4.69, 9.17) is 4.74 Å². The molecule has 0 saturated carbocycles. The molecule has 1 aromatic rings. The first-order chi connectivity index (χ1) is 11.1. The predicted molar refractivity (Wildman–Crippen MR) is 87.3 cm³/mol. The van der Waals surface area contributed by atoms with Crippen molar-refractivity contribution >= 4 is 17.6 Å². The van der Waals surface area contributed by atoms with E-state index in [1.54, 1.807) is 4.90 Å². The number of benzene rings is 1. The highest BCUT2D eigenvalue weighted by molar-refractivity contribution is 5.89. The summed E-state index contributed by atoms with van der Waals surface area (Å²) < 4.78 is 5.45. The molecule has 3 rings (SSSR count). The molecule has 0 radical (unpaired) electrons. The van der Waals surface area contributed by atoms with Gasteiger partial charge in [-0.05, 0) is 31.9 Å². The van der Waals surface area contributed by atoms with Gasteiger partial charge in [-0.1, -0.05) is 17.7 Å². The first kappa shape index (κ1) is 15.8. The molecule has 0 aliphatic carbocycles. The summed E-state index contributed by atoms with van der Waals surface area (Å²) in [6.45, 7) is 4.93. The van der Waals surface area contributed by atoms with Crippen LogP contribution in [0, 0.1) is 6.92 Å². The smallest absolute Gasteiger partial charge is 0.321 e. The quantitative estimate of drug-likeness (QED) is 0.905. The summed E-state index contributed by atoms with van der Waals surface area (Å²) in [5, 5.41) is 2.90. The third-order valence-electron chi connectivity index (χ3n) is 4.39. The minimum atomic E-state index is -0.275. The molecule has 2 saturated heterocycles. The fraction of sp³-hybridized carbons (Fsp3) is 0.529. The first-order valence-corrected chi connectivity index (χ1v) is 8.16. The molecule has 2 heterocycles. The van der Waals surface area contributed by atoms with Gasteiger partial charge in [0.1, 0.15) is 6.10 Å². The highest BCUT2D eigenvalue weighted by Gasteiger charge is 2.31. The van der Waals surface area contributed by atoms with Crippen molar-refractivity contribution < 1.29 is 14.3 Å². The third kappa shape index (κ3) is 3.82. The Hall–Kier alpha value is -2.08. The van der Waals surface area contributed by atoms with Gasteiger partial charge in [-0.25, -0.2) is 4.79 Å². The first-order valence-electron chi connectivity index (χ1n) is 8.16. The van der Waals surface area contributed by atoms with Crippen molar-refractivity contribution in [3.05, 3.63) is 29.8 Å². The van der Waals surface area contributed by atoms with Crippen LogP contribution in [0.1, 0.15) is 18.4 Å². The van der Waals surface area contributed by atoms with Gasteiger partial charge in [0.15, 0.2) is 0 Å². The lowest BCUT2D eigenvalue weighted by Crippen LogP contribution is -2.53. The fourth-order valence-electron chi connectivity index (χ4n) is 2.95. The van der Waals surface area contributed by atoms with Crippen LogP contribution in [0.4, 0.5) is 10.5 Å². The molecule has 2 fully saturated rings. The zero-order chi connectivity index (χ0) is 16.2. The van der Waals surface area contributed by atoms with E-state index in [9.17, 15) is 9.59 Å². The number of anilines is 1. The van der Waals surface area contributed by atoms with Crippen molar-refractivity contribution in [3.63, 3.8) is 0 Å². The Kier molecular flexibility index (Phi) is 4.81. The number of piperazine rings is 1. The van der Waals surface area contributed by atoms with Gasteiger partial charge >= 0.3 is 6.03 Å². The molecule has 2 aliphatic heterocycles. The Bertz CT molecular complexity index is 559. The average Bonchev–Trinajstić information content (AvgIpc) is 3.11. The number of nitrogens with one attached hydrogen (secondary N) is 1. The summed E-state index contributed by atoms with van der Waals surface area (Å²) in [6.07, 6.45) is 1.49. The second kappa shape index (κ2) is 7.00. The molecular weight excluding hydrogens is 294 g/mol. The van der Waals surface area contributed by atoms with E-state index in [0.717, 1.165) is 24.1 Å². The van der Waals surface area contributed by atoms with Crippen LogP contribution >= 0.6 is 0 Å². The lowest BCUT2D eigenvalue weighted by molar-refractivity contribution is -0.142. The summed E-state index contributed by atoms with van der Waals surface area (Å²) in [5.74, 6) is 0.0705. The molecule has 6 nitrogen and oxygen atoms in total. The van der Waals surface area contributed by atoms with Gasteiger partial charge in [0.2, 0.25) is 0 Å². The molecule has 2 aliphatic rings. The molecule has 3 amide bonds. The zero-order valence-corrected chi connectivity index (χ0v) is 13.5. The van der Waals surface area contributed by atoms with Gasteiger partial charge in [-0.3, -0.25) is 4.79 Å². The number of rotatable bonds is 2. The molecule has 0 unspecified atom stereocenters. The SMILES string of the molecule is Cc1ccc(NC(=O)N2CCN(C(=O)[C@@H]3CCCO3)CC2)cc1. The number of hydrogen-bond acceptors (Lipinski definition) is 3. The molecule has 0 bridgehead atoms. The molecule has 6 heteroatoms. The number of hydrogen-bond donors (Lipinski definition) is 1. The van der Waals surface area contributed by atoms with E-state index in [-0.39, 0.29) is 18.0 Å². The lowest BCUT2D eigenvalue weighted by atomic mass is 10.2. The van der Waals surface area contributed by atoms with E-state index in [1.165, 1.54) is 0 Å². The highest BCUT2D eigenvalue weighted by Crippen LogP contribution is 2.16. The van der Waals surface area contributed by atoms with Gasteiger partial charge < -0.3 is 19.9 Å². The van der Waals surface area contributed by atoms with Crippen LogP contribution in [-0.4, -0.2) is 60.6 Å². The Morgan fingerprint density at radius 1 is 1.09 bits per heavy atom. The van der Waals surface area contributed by atoms with Crippen molar-refractivity contribution in [2.45, 2.75) is 25.9 Å². The molecule has 124 valence electrons. The summed E-state index contributed by atoms with van der Waals surface area (Å²) in [5.41, 5.74) is 1.95. The van der Waals surface area contributed by atoms with Gasteiger partial charge in [-0.2, -0.15) is 0 Å². The number of carbonyl (C=O) groups excluding carboxylic acids is 2. The molecule has 23 heavy (non-hydrogen) atoms. The van der Waals surface area contributed by atoms with Crippen LogP contribution in [0.25, 0.3) is 0 Å². The van der Waals surface area contributed by atoms with Crippen LogP contribution < -0.4 is 5.32 Å². The third-order valence-corrected chi connectivity index (χ3v) is 4.39. The van der Waals surface area contributed by atoms with Gasteiger partial charge in [0.25, 0.3) is 5.91 Å². The molecule has 1 N–H and O–H groups in total. The van der Waals surface area contributed by atoms with Gasteiger partial charge in [-0.15, -0.1) is 0 Å². The topological polar surface area (TPSA) is 61.9 Å². The number of carbonyl (C=O) groups is 2. The second-order valence-corrected chi connectivity index (χ2v) is 6.11. The molecule has 1 atom stereocenters. The van der Waals surface area contributed by atoms with Gasteiger partial charge in [0, 0.05) is 38.5 Å². The molecule has 1 aromatic carbocycles. The lowest BCUT2D eigenvalue weighted by Gasteiger charge is -2.35. The van der Waals surface area contributed by atoms with Crippen molar-refractivity contribution in [1.82, 2.24) is 9.80 Å². The van der Waals surface area contributed by atoms with Gasteiger partial charge in [0.05, 0.1) is 0 Å². The summed E-state index contributed by atoms with van der Waals surface area (Å²) in [4.78, 5) is 28.1. The van der Waals surface area contributed by atoms with E-state index in [1.807, 2.05) is 36.1 Å². The standard InChI is InChI=1S/C17H23N3O3/c1-13-4-6-14(7-5-13)18-17(22)20-10-8-19(9-11-20)16(21)15-3-2-12-23-15/h4-7,15H,2-3,8-12H2,1H3,(H,18,22)/t15-/m0/s1. The number of ether oxygens (including phenoxy) is 1. The van der Waals surface area contributed by atoms with E-state index in [0.29, 0.717) is 32.8 Å². The van der Waals surface area contributed by atoms with E-state index in [2.05, 4.69) is 5.32 Å². The Morgan fingerprint density at radius 2 is 1.74 bits per heavy atom. The summed E-state index contributed by atoms with van der Waals surface area (Å²) >= 11 is 0. The number of nitrogens with zero attached hydrogens (tertiary/aromatic N) is 2. The summed E-state index contributed by atoms with van der Waals surface area (Å²) in [6, 6.07) is 7.61.